The first-order valence-corrected chi connectivity index (χ1v) is 10.9. The Hall–Kier alpha value is -4.34. The predicted octanol–water partition coefficient (Wildman–Crippen LogP) is 5.11. The van der Waals surface area contributed by atoms with E-state index in [1.165, 1.54) is 36.4 Å². The standard InChI is InChI=1S/C26H24F3N3O4/c1-16(2)30-25(35)21-8-3-4-9-22(21)32-24(34)17-10-12-20(13-11-17)36-15-23(33)31-19-7-5-6-18(14-19)26(27,28)29/h3-14,16H,15H2,1-2H3,(H,30,35)(H,31,33)(H,32,34). The maximum absolute atomic E-state index is 12.8. The van der Waals surface area contributed by atoms with Crippen LogP contribution in [0.1, 0.15) is 40.1 Å². The second-order valence-corrected chi connectivity index (χ2v) is 8.07. The van der Waals surface area contributed by atoms with Gasteiger partial charge in [0, 0.05) is 17.3 Å². The highest BCUT2D eigenvalue weighted by molar-refractivity contribution is 6.09. The summed E-state index contributed by atoms with van der Waals surface area (Å²) in [4.78, 5) is 37.1. The Morgan fingerprint density at radius 3 is 2.22 bits per heavy atom. The smallest absolute Gasteiger partial charge is 0.416 e. The van der Waals surface area contributed by atoms with Crippen molar-refractivity contribution in [2.24, 2.45) is 0 Å². The number of ether oxygens (including phenoxy) is 1. The fourth-order valence-electron chi connectivity index (χ4n) is 3.15. The van der Waals surface area contributed by atoms with Crippen molar-refractivity contribution in [3.8, 4) is 5.75 Å². The van der Waals surface area contributed by atoms with Crippen molar-refractivity contribution in [1.29, 1.82) is 0 Å². The normalized spacial score (nSPS) is 11.1. The molecule has 188 valence electrons. The van der Waals surface area contributed by atoms with Gasteiger partial charge in [0.1, 0.15) is 5.75 Å². The van der Waals surface area contributed by atoms with Gasteiger partial charge in [-0.15, -0.1) is 0 Å². The van der Waals surface area contributed by atoms with Crippen LogP contribution in [0.5, 0.6) is 5.75 Å². The molecule has 0 aliphatic heterocycles. The van der Waals surface area contributed by atoms with E-state index in [2.05, 4.69) is 16.0 Å². The highest BCUT2D eigenvalue weighted by Crippen LogP contribution is 2.30. The summed E-state index contributed by atoms with van der Waals surface area (Å²) in [5.41, 5.74) is 0.0828. The molecule has 0 saturated heterocycles. The number of rotatable bonds is 8. The topological polar surface area (TPSA) is 96.5 Å². The zero-order chi connectivity index (χ0) is 26.3. The Morgan fingerprint density at radius 1 is 0.861 bits per heavy atom. The minimum Gasteiger partial charge on any atom is -0.484 e. The molecule has 3 rings (SSSR count). The second-order valence-electron chi connectivity index (χ2n) is 8.07. The lowest BCUT2D eigenvalue weighted by Gasteiger charge is -2.13. The summed E-state index contributed by atoms with van der Waals surface area (Å²) in [5, 5.41) is 7.83. The molecule has 3 aromatic rings. The van der Waals surface area contributed by atoms with Crippen LogP contribution in [0.15, 0.2) is 72.8 Å². The number of nitrogens with one attached hydrogen (secondary N) is 3. The van der Waals surface area contributed by atoms with E-state index in [4.69, 9.17) is 4.74 Å². The van der Waals surface area contributed by atoms with Crippen LogP contribution in [0.25, 0.3) is 0 Å². The second kappa shape index (κ2) is 11.4. The van der Waals surface area contributed by atoms with Crippen LogP contribution in [0, 0.1) is 0 Å². The van der Waals surface area contributed by atoms with Crippen LogP contribution in [0.4, 0.5) is 24.5 Å². The van der Waals surface area contributed by atoms with Crippen LogP contribution < -0.4 is 20.7 Å². The fraction of sp³-hybridized carbons (Fsp3) is 0.192. The first-order valence-electron chi connectivity index (χ1n) is 10.9. The van der Waals surface area contributed by atoms with Crippen LogP contribution in [0.3, 0.4) is 0 Å². The zero-order valence-corrected chi connectivity index (χ0v) is 19.5. The molecule has 0 bridgehead atoms. The van der Waals surface area contributed by atoms with E-state index in [-0.39, 0.29) is 28.9 Å². The molecule has 0 saturated carbocycles. The van der Waals surface area contributed by atoms with Gasteiger partial charge in [0.25, 0.3) is 17.7 Å². The van der Waals surface area contributed by atoms with E-state index in [0.717, 1.165) is 12.1 Å². The Bertz CT molecular complexity index is 1240. The van der Waals surface area contributed by atoms with E-state index in [9.17, 15) is 27.6 Å². The summed E-state index contributed by atoms with van der Waals surface area (Å²) < 4.78 is 43.8. The van der Waals surface area contributed by atoms with Crippen molar-refractivity contribution in [2.75, 3.05) is 17.2 Å². The van der Waals surface area contributed by atoms with Gasteiger partial charge < -0.3 is 20.7 Å². The number of para-hydroxylation sites is 1. The van der Waals surface area contributed by atoms with Gasteiger partial charge in [0.15, 0.2) is 6.61 Å². The number of carbonyl (C=O) groups excluding carboxylic acids is 3. The number of halogens is 3. The van der Waals surface area contributed by atoms with E-state index in [0.29, 0.717) is 11.3 Å². The molecule has 0 unspecified atom stereocenters. The third-order valence-electron chi connectivity index (χ3n) is 4.80. The van der Waals surface area contributed by atoms with Crippen molar-refractivity contribution in [1.82, 2.24) is 5.32 Å². The molecule has 36 heavy (non-hydrogen) atoms. The average molecular weight is 499 g/mol. The van der Waals surface area contributed by atoms with E-state index < -0.39 is 30.2 Å². The number of alkyl halides is 3. The summed E-state index contributed by atoms with van der Waals surface area (Å²) in [7, 11) is 0. The lowest BCUT2D eigenvalue weighted by molar-refractivity contribution is -0.137. The molecule has 0 aromatic heterocycles. The maximum Gasteiger partial charge on any atom is 0.416 e. The third-order valence-corrected chi connectivity index (χ3v) is 4.80. The first kappa shape index (κ1) is 26.3. The van der Waals surface area contributed by atoms with E-state index in [1.54, 1.807) is 24.3 Å². The molecular weight excluding hydrogens is 475 g/mol. The Kier molecular flexibility index (Phi) is 8.31. The van der Waals surface area contributed by atoms with Crippen molar-refractivity contribution in [3.05, 3.63) is 89.5 Å². The van der Waals surface area contributed by atoms with Crippen molar-refractivity contribution >= 4 is 29.1 Å². The fourth-order valence-corrected chi connectivity index (χ4v) is 3.15. The number of carbonyl (C=O) groups is 3. The SMILES string of the molecule is CC(C)NC(=O)c1ccccc1NC(=O)c1ccc(OCC(=O)Nc2cccc(C(F)(F)F)c2)cc1. The lowest BCUT2D eigenvalue weighted by Crippen LogP contribution is -2.31. The minimum atomic E-state index is -4.52. The number of amides is 3. The molecule has 0 radical (unpaired) electrons. The monoisotopic (exact) mass is 499 g/mol. The molecular formula is C26H24F3N3O4. The summed E-state index contributed by atoms with van der Waals surface area (Å²) in [6.07, 6.45) is -4.52. The van der Waals surface area contributed by atoms with Crippen LogP contribution in [-0.4, -0.2) is 30.4 Å². The van der Waals surface area contributed by atoms with E-state index >= 15 is 0 Å². The van der Waals surface area contributed by atoms with Crippen molar-refractivity contribution in [2.45, 2.75) is 26.1 Å². The highest BCUT2D eigenvalue weighted by atomic mass is 19.4. The average Bonchev–Trinajstić information content (AvgIpc) is 2.82. The quantitative estimate of drug-likeness (QED) is 0.401. The van der Waals surface area contributed by atoms with Crippen molar-refractivity contribution < 1.29 is 32.3 Å². The summed E-state index contributed by atoms with van der Waals surface area (Å²) in [6.45, 7) is 3.22. The third kappa shape index (κ3) is 7.33. The van der Waals surface area contributed by atoms with Gasteiger partial charge in [0.2, 0.25) is 0 Å². The van der Waals surface area contributed by atoms with Gasteiger partial charge in [-0.05, 0) is 68.4 Å². The molecule has 3 aromatic carbocycles. The van der Waals surface area contributed by atoms with Gasteiger partial charge >= 0.3 is 6.18 Å². The minimum absolute atomic E-state index is 0.00667. The van der Waals surface area contributed by atoms with E-state index in [1.807, 2.05) is 13.8 Å². The van der Waals surface area contributed by atoms with Crippen LogP contribution in [-0.2, 0) is 11.0 Å². The summed E-state index contributed by atoms with van der Waals surface area (Å²) >= 11 is 0. The Labute approximate surface area is 205 Å². The molecule has 7 nitrogen and oxygen atoms in total. The summed E-state index contributed by atoms with van der Waals surface area (Å²) in [5.74, 6) is -1.13. The molecule has 0 atom stereocenters. The maximum atomic E-state index is 12.8. The Balaban J connectivity index is 1.57. The number of benzene rings is 3. The van der Waals surface area contributed by atoms with Crippen molar-refractivity contribution in [3.63, 3.8) is 0 Å². The van der Waals surface area contributed by atoms with Gasteiger partial charge in [0.05, 0.1) is 16.8 Å². The van der Waals surface area contributed by atoms with Crippen LogP contribution in [0.2, 0.25) is 0 Å². The van der Waals surface area contributed by atoms with Gasteiger partial charge in [-0.2, -0.15) is 13.2 Å². The van der Waals surface area contributed by atoms with Gasteiger partial charge in [-0.25, -0.2) is 0 Å². The number of hydrogen-bond acceptors (Lipinski definition) is 4. The number of anilines is 2. The Morgan fingerprint density at radius 2 is 1.56 bits per heavy atom. The summed E-state index contributed by atoms with van der Waals surface area (Å²) in [6, 6.07) is 16.7. The first-order chi connectivity index (χ1) is 17.0. The predicted molar refractivity (Wildman–Crippen MR) is 129 cm³/mol. The zero-order valence-electron chi connectivity index (χ0n) is 19.5. The number of hydrogen-bond donors (Lipinski definition) is 3. The molecule has 10 heteroatoms. The molecule has 3 amide bonds. The molecule has 0 fully saturated rings. The largest absolute Gasteiger partial charge is 0.484 e. The van der Waals surface area contributed by atoms with Gasteiger partial charge in [-0.3, -0.25) is 14.4 Å². The molecule has 0 heterocycles. The molecule has 3 N–H and O–H groups in total. The molecule has 0 aliphatic carbocycles. The molecule has 0 aliphatic rings. The van der Waals surface area contributed by atoms with Crippen LogP contribution >= 0.6 is 0 Å². The van der Waals surface area contributed by atoms with Gasteiger partial charge in [-0.1, -0.05) is 18.2 Å². The lowest BCUT2D eigenvalue weighted by atomic mass is 10.1. The highest BCUT2D eigenvalue weighted by Gasteiger charge is 2.30. The molecule has 0 spiro atoms.